The Morgan fingerprint density at radius 1 is 0.303 bits per heavy atom. The molecule has 0 spiro atoms. The Kier molecular flexibility index (Phi) is 28.2. The van der Waals surface area contributed by atoms with Gasteiger partial charge in [-0.25, -0.2) is 0 Å². The lowest BCUT2D eigenvalue weighted by Crippen LogP contribution is -2.00. The molecule has 0 saturated carbocycles. The van der Waals surface area contributed by atoms with Gasteiger partial charge < -0.3 is 0 Å². The normalized spacial score (nSPS) is 12.0. The topological polar surface area (TPSA) is 0 Å². The van der Waals surface area contributed by atoms with Crippen LogP contribution < -0.4 is 0 Å². The standard InChI is InChI=1S/C30H59Cl3/c1-2-3-4-5-6-7-8-9-10-11-12-13-14-15-16-17-18-19-20-21-22-23-24-25-26-27-28-29-30(31,32)33/h2-29H2,1H3. The first-order chi connectivity index (χ1) is 16.1. The second-order valence-electron chi connectivity index (χ2n) is 10.6. The first-order valence-corrected chi connectivity index (χ1v) is 16.3. The van der Waals surface area contributed by atoms with E-state index in [1.807, 2.05) is 0 Å². The highest BCUT2D eigenvalue weighted by Crippen LogP contribution is 2.32. The third-order valence-electron chi connectivity index (χ3n) is 7.06. The van der Waals surface area contributed by atoms with Gasteiger partial charge >= 0.3 is 0 Å². The zero-order valence-corrected chi connectivity index (χ0v) is 24.7. The maximum absolute atomic E-state index is 5.77. The van der Waals surface area contributed by atoms with Crippen LogP contribution in [0.15, 0.2) is 0 Å². The second-order valence-corrected chi connectivity index (χ2v) is 13.1. The van der Waals surface area contributed by atoms with E-state index in [1.54, 1.807) is 0 Å². The molecule has 0 aliphatic rings. The van der Waals surface area contributed by atoms with Crippen LogP contribution in [0.25, 0.3) is 0 Å². The van der Waals surface area contributed by atoms with Crippen molar-refractivity contribution in [2.75, 3.05) is 0 Å². The SMILES string of the molecule is CCCCCCCCCCCCCCCCCCCCCCCCCCCCCC(Cl)(Cl)Cl. The molecule has 0 radical (unpaired) electrons. The Bertz CT molecular complexity index is 351. The van der Waals surface area contributed by atoms with Gasteiger partial charge in [0.05, 0.1) is 0 Å². The van der Waals surface area contributed by atoms with Crippen molar-refractivity contribution in [1.82, 2.24) is 0 Å². The summed E-state index contributed by atoms with van der Waals surface area (Å²) in [5.74, 6) is 0. The van der Waals surface area contributed by atoms with Crippen LogP contribution in [0.2, 0.25) is 0 Å². The van der Waals surface area contributed by atoms with Gasteiger partial charge in [-0.1, -0.05) is 209 Å². The van der Waals surface area contributed by atoms with Gasteiger partial charge in [0.25, 0.3) is 0 Å². The lowest BCUT2D eigenvalue weighted by Gasteiger charge is -2.09. The van der Waals surface area contributed by atoms with Crippen molar-refractivity contribution in [2.45, 2.75) is 190 Å². The Labute approximate surface area is 224 Å². The summed E-state index contributed by atoms with van der Waals surface area (Å²) in [5, 5.41) is 0. The van der Waals surface area contributed by atoms with Gasteiger partial charge in [-0.2, -0.15) is 0 Å². The first-order valence-electron chi connectivity index (χ1n) is 15.1. The molecule has 3 heteroatoms. The van der Waals surface area contributed by atoms with Gasteiger partial charge in [-0.3, -0.25) is 0 Å². The molecule has 0 amide bonds. The van der Waals surface area contributed by atoms with E-state index in [0.29, 0.717) is 6.42 Å². The highest BCUT2D eigenvalue weighted by atomic mass is 35.6. The molecule has 0 saturated heterocycles. The third kappa shape index (κ3) is 32.9. The summed E-state index contributed by atoms with van der Waals surface area (Å²) < 4.78 is -1.05. The number of halogens is 3. The average Bonchev–Trinajstić information content (AvgIpc) is 2.78. The summed E-state index contributed by atoms with van der Waals surface area (Å²) in [6.07, 6.45) is 39.0. The lowest BCUT2D eigenvalue weighted by atomic mass is 10.0. The molecule has 0 aliphatic heterocycles. The smallest absolute Gasteiger partial charge is 0.0837 e. The summed E-state index contributed by atoms with van der Waals surface area (Å²) in [6, 6.07) is 0. The number of alkyl halides is 3. The molecule has 0 fully saturated rings. The zero-order chi connectivity index (χ0) is 24.3. The van der Waals surface area contributed by atoms with Gasteiger partial charge in [-0.05, 0) is 12.8 Å². The second kappa shape index (κ2) is 27.5. The highest BCUT2D eigenvalue weighted by molar-refractivity contribution is 6.67. The number of hydrogen-bond donors (Lipinski definition) is 0. The van der Waals surface area contributed by atoms with Gasteiger partial charge in [-0.15, -0.1) is 0 Å². The Morgan fingerprint density at radius 2 is 0.485 bits per heavy atom. The fraction of sp³-hybridized carbons (Fsp3) is 1.00. The summed E-state index contributed by atoms with van der Waals surface area (Å²) in [7, 11) is 0. The minimum atomic E-state index is -1.05. The first kappa shape index (κ1) is 33.9. The molecule has 0 aromatic heterocycles. The van der Waals surface area contributed by atoms with Crippen LogP contribution in [-0.4, -0.2) is 3.79 Å². The highest BCUT2D eigenvalue weighted by Gasteiger charge is 2.17. The maximum Gasteiger partial charge on any atom is 0.190 e. The Balaban J connectivity index is 3.03. The summed E-state index contributed by atoms with van der Waals surface area (Å²) in [5.41, 5.74) is 0. The Morgan fingerprint density at radius 3 is 0.667 bits per heavy atom. The molecule has 0 rings (SSSR count). The van der Waals surface area contributed by atoms with E-state index in [2.05, 4.69) is 6.92 Å². The minimum Gasteiger partial charge on any atom is -0.0837 e. The molecule has 0 aliphatic carbocycles. The van der Waals surface area contributed by atoms with Crippen LogP contribution in [0, 0.1) is 0 Å². The fourth-order valence-corrected chi connectivity index (χ4v) is 5.22. The van der Waals surface area contributed by atoms with Crippen molar-refractivity contribution in [2.24, 2.45) is 0 Å². The van der Waals surface area contributed by atoms with Gasteiger partial charge in [0, 0.05) is 0 Å². The Hall–Kier alpha value is 0.870. The van der Waals surface area contributed by atoms with Crippen molar-refractivity contribution in [3.05, 3.63) is 0 Å². The van der Waals surface area contributed by atoms with Crippen LogP contribution >= 0.6 is 34.8 Å². The zero-order valence-electron chi connectivity index (χ0n) is 22.4. The van der Waals surface area contributed by atoms with Crippen molar-refractivity contribution >= 4 is 34.8 Å². The fourth-order valence-electron chi connectivity index (χ4n) is 4.82. The number of rotatable bonds is 27. The quantitative estimate of drug-likeness (QED) is 0.0738. The molecular formula is C30H59Cl3. The van der Waals surface area contributed by atoms with Gasteiger partial charge in [0.15, 0.2) is 3.79 Å². The molecular weight excluding hydrogens is 467 g/mol. The van der Waals surface area contributed by atoms with Gasteiger partial charge in [0.1, 0.15) is 0 Å². The molecule has 0 aromatic carbocycles. The van der Waals surface area contributed by atoms with E-state index < -0.39 is 3.79 Å². The molecule has 0 heterocycles. The van der Waals surface area contributed by atoms with E-state index in [1.165, 1.54) is 167 Å². The average molecular weight is 526 g/mol. The molecule has 33 heavy (non-hydrogen) atoms. The van der Waals surface area contributed by atoms with Crippen molar-refractivity contribution < 1.29 is 0 Å². The van der Waals surface area contributed by atoms with Crippen LogP contribution in [0.3, 0.4) is 0 Å². The largest absolute Gasteiger partial charge is 0.190 e. The number of hydrogen-bond acceptors (Lipinski definition) is 0. The summed E-state index contributed by atoms with van der Waals surface area (Å²) in [4.78, 5) is 0. The molecule has 0 nitrogen and oxygen atoms in total. The van der Waals surface area contributed by atoms with Gasteiger partial charge in [0.2, 0.25) is 0 Å². The monoisotopic (exact) mass is 524 g/mol. The van der Waals surface area contributed by atoms with E-state index in [0.717, 1.165) is 6.42 Å². The van der Waals surface area contributed by atoms with E-state index in [9.17, 15) is 0 Å². The summed E-state index contributed by atoms with van der Waals surface area (Å²) >= 11 is 17.3. The number of unbranched alkanes of at least 4 members (excludes halogenated alkanes) is 26. The van der Waals surface area contributed by atoms with E-state index in [-0.39, 0.29) is 0 Å². The minimum absolute atomic E-state index is 0.692. The predicted molar refractivity (Wildman–Crippen MR) is 155 cm³/mol. The van der Waals surface area contributed by atoms with Crippen LogP contribution in [0.4, 0.5) is 0 Å². The molecule has 0 unspecified atom stereocenters. The van der Waals surface area contributed by atoms with E-state index in [4.69, 9.17) is 34.8 Å². The predicted octanol–water partition coefficient (Wildman–Crippen LogP) is 13.3. The van der Waals surface area contributed by atoms with E-state index >= 15 is 0 Å². The van der Waals surface area contributed by atoms with Crippen LogP contribution in [0.5, 0.6) is 0 Å². The molecule has 0 aromatic rings. The molecule has 0 atom stereocenters. The molecule has 0 N–H and O–H groups in total. The van der Waals surface area contributed by atoms with Crippen LogP contribution in [0.1, 0.15) is 187 Å². The van der Waals surface area contributed by atoms with Crippen molar-refractivity contribution in [3.8, 4) is 0 Å². The summed E-state index contributed by atoms with van der Waals surface area (Å²) in [6.45, 7) is 2.30. The van der Waals surface area contributed by atoms with Crippen LogP contribution in [-0.2, 0) is 0 Å². The molecule has 0 bridgehead atoms. The maximum atomic E-state index is 5.77. The van der Waals surface area contributed by atoms with Crippen molar-refractivity contribution in [3.63, 3.8) is 0 Å². The van der Waals surface area contributed by atoms with Crippen molar-refractivity contribution in [1.29, 1.82) is 0 Å². The molecule has 200 valence electrons. The third-order valence-corrected chi connectivity index (χ3v) is 7.63. The lowest BCUT2D eigenvalue weighted by molar-refractivity contribution is 0.514.